The van der Waals surface area contributed by atoms with Crippen molar-refractivity contribution in [3.63, 3.8) is 0 Å². The van der Waals surface area contributed by atoms with Gasteiger partial charge in [-0.25, -0.2) is 14.4 Å². The molecule has 12 rings (SSSR count). The zero-order chi connectivity index (χ0) is 84.6. The van der Waals surface area contributed by atoms with Crippen molar-refractivity contribution in [1.82, 2.24) is 29.9 Å². The molecule has 0 atom stereocenters. The van der Waals surface area contributed by atoms with Gasteiger partial charge in [-0.15, -0.1) is 179 Å². The van der Waals surface area contributed by atoms with E-state index in [0.29, 0.717) is 51.2 Å². The van der Waals surface area contributed by atoms with Gasteiger partial charge in [-0.3, -0.25) is 14.4 Å². The molecule has 6 aromatic carbocycles. The number of hydrogen-bond donors (Lipinski definition) is 0. The molecule has 6 heterocycles. The van der Waals surface area contributed by atoms with E-state index in [9.17, 15) is 28.8 Å². The Hall–Kier alpha value is -12.4. The predicted molar refractivity (Wildman–Crippen MR) is 453 cm³/mol. The molecule has 6 aromatic heterocycles. The Bertz CT molecular complexity index is 4680. The minimum atomic E-state index is -0.481. The monoisotopic (exact) mass is 1930 g/mol. The van der Waals surface area contributed by atoms with Gasteiger partial charge in [-0.1, -0.05) is 127 Å². The quantitative estimate of drug-likeness (QED) is 0.0281. The molecule has 0 aliphatic rings. The van der Waals surface area contributed by atoms with E-state index in [1.54, 1.807) is 167 Å². The number of ether oxygens (including phenoxy) is 6. The van der Waals surface area contributed by atoms with E-state index in [4.69, 9.17) is 28.4 Å². The molecule has 20 heteroatoms. The average Bonchev–Trinajstić information content (AvgIpc) is 0.854. The molecule has 0 spiro atoms. The van der Waals surface area contributed by atoms with Crippen LogP contribution >= 0.6 is 0 Å². The molecule has 0 bridgehead atoms. The topological polar surface area (TPSA) is 235 Å². The maximum Gasteiger partial charge on any atom is 3.00 e. The van der Waals surface area contributed by atoms with Crippen LogP contribution in [0.2, 0.25) is 0 Å². The fraction of sp³-hybridized carbons (Fsp3) is 0.204. The number of carbonyl (C=O) groups is 6. The van der Waals surface area contributed by atoms with Crippen LogP contribution in [0.25, 0.3) is 67.5 Å². The summed E-state index contributed by atoms with van der Waals surface area (Å²) in [5, 5.41) is 0. The second-order valence-electron chi connectivity index (χ2n) is 27.3. The SMILES string of the molecule is C=C(C)C(=O)Oc1cc[c-]c(-c2ccccn2)c1.C=C(C)C(=O)Oc1cc[c-]c(-c2ccccn2)c1.C=C(C)C(=O)Oc1cc[c-]c(-c2ccccn2)c1.CC.CCC(C)(C)C(=O)Oc1cc[c-]c(-c2ccccn2)c1.CCC(C)(C)C(=O)Oc1cc[c-]c(-c2ccccn2)c1.CCC(C)(C)C(=O)Oc1cc[c-]c(-c2ccccn2)c1.[Ir+3].[Ir+3]. The third-order valence-corrected chi connectivity index (χ3v) is 16.9. The van der Waals surface area contributed by atoms with Crippen molar-refractivity contribution in [2.45, 2.75) is 116 Å². The standard InChI is InChI=1S/3C17H18NO2.3C15H12NO2.C2H6.2Ir/c3*1-4-17(2,3)16(19)20-14-9-7-8-13(12-14)15-10-5-6-11-18-15;3*1-11(2)15(17)18-13-7-5-6-12(10-13)14-8-3-4-9-16-14;1-2;;/h3*5-7,9-12H,4H2,1-3H3;3*3-5,7-10H,1H2,2H3;1-2H3;;/q6*-1;;2*+3. The minimum absolute atomic E-state index is 0. The zero-order valence-electron chi connectivity index (χ0n) is 68.7. The maximum absolute atomic E-state index is 12.1. The van der Waals surface area contributed by atoms with E-state index in [1.165, 1.54) is 0 Å². The van der Waals surface area contributed by atoms with Crippen LogP contribution in [0.15, 0.2) is 292 Å². The molecule has 12 aromatic rings. The van der Waals surface area contributed by atoms with Crippen molar-refractivity contribution in [3.05, 3.63) is 328 Å². The van der Waals surface area contributed by atoms with Gasteiger partial charge in [0.05, 0.1) is 50.7 Å². The molecule has 18 nitrogen and oxygen atoms in total. The first kappa shape index (κ1) is 97.9. The van der Waals surface area contributed by atoms with E-state index in [-0.39, 0.29) is 58.1 Å². The summed E-state index contributed by atoms with van der Waals surface area (Å²) in [5.74, 6) is 0.971. The second-order valence-corrected chi connectivity index (χ2v) is 27.3. The number of benzene rings is 6. The molecular weight excluding hydrogens is 1840 g/mol. The molecule has 0 unspecified atom stereocenters. The number of rotatable bonds is 21. The van der Waals surface area contributed by atoms with Gasteiger partial charge in [0.25, 0.3) is 0 Å². The van der Waals surface area contributed by atoms with Gasteiger partial charge in [0, 0.05) is 53.9 Å². The number of aromatic nitrogens is 6. The molecule has 0 aliphatic heterocycles. The molecular formula is C98H96Ir2N6O12. The summed E-state index contributed by atoms with van der Waals surface area (Å²) < 4.78 is 31.8. The molecule has 118 heavy (non-hydrogen) atoms. The van der Waals surface area contributed by atoms with Crippen LogP contribution in [0.1, 0.15) is 116 Å². The smallest absolute Gasteiger partial charge is 0.446 e. The summed E-state index contributed by atoms with van der Waals surface area (Å²) in [7, 11) is 0. The van der Waals surface area contributed by atoms with E-state index in [2.05, 4.69) is 86.0 Å². The Labute approximate surface area is 721 Å². The molecule has 0 N–H and O–H groups in total. The first-order valence-electron chi connectivity index (χ1n) is 37.5. The summed E-state index contributed by atoms with van der Waals surface area (Å²) in [5.41, 5.74) is 9.18. The number of nitrogens with zero attached hydrogens (tertiary/aromatic N) is 6. The molecule has 0 saturated heterocycles. The molecule has 608 valence electrons. The van der Waals surface area contributed by atoms with Crippen LogP contribution in [0.3, 0.4) is 0 Å². The van der Waals surface area contributed by atoms with Crippen LogP contribution in [-0.2, 0) is 69.0 Å². The van der Waals surface area contributed by atoms with E-state index < -0.39 is 34.2 Å². The third kappa shape index (κ3) is 32.7. The van der Waals surface area contributed by atoms with E-state index in [0.717, 1.165) is 86.8 Å². The molecule has 0 aliphatic carbocycles. The maximum atomic E-state index is 12.1. The number of carbonyl (C=O) groups excluding carboxylic acids is 6. The van der Waals surface area contributed by atoms with Crippen LogP contribution in [0.5, 0.6) is 34.5 Å². The Kier molecular flexibility index (Phi) is 41.6. The summed E-state index contributed by atoms with van der Waals surface area (Å²) in [6.07, 6.45) is 12.5. The number of pyridine rings is 6. The van der Waals surface area contributed by atoms with Crippen LogP contribution < -0.4 is 28.4 Å². The minimum Gasteiger partial charge on any atom is -0.446 e. The Morgan fingerprint density at radius 2 is 0.449 bits per heavy atom. The van der Waals surface area contributed by atoms with Crippen molar-refractivity contribution in [3.8, 4) is 102 Å². The Morgan fingerprint density at radius 1 is 0.288 bits per heavy atom. The van der Waals surface area contributed by atoms with Gasteiger partial charge in [-0.05, 0) is 152 Å². The first-order chi connectivity index (χ1) is 55.6. The van der Waals surface area contributed by atoms with E-state index >= 15 is 0 Å². The van der Waals surface area contributed by atoms with Gasteiger partial charge in [0.1, 0.15) is 0 Å². The van der Waals surface area contributed by atoms with Crippen molar-refractivity contribution in [2.24, 2.45) is 16.2 Å². The largest absolute Gasteiger partial charge is 3.00 e. The predicted octanol–water partition coefficient (Wildman–Crippen LogP) is 21.8. The third-order valence-electron chi connectivity index (χ3n) is 16.9. The molecule has 0 radical (unpaired) electrons. The second kappa shape index (κ2) is 50.1. The van der Waals surface area contributed by atoms with Gasteiger partial charge in [0.2, 0.25) is 0 Å². The summed E-state index contributed by atoms with van der Waals surface area (Å²) >= 11 is 0. The van der Waals surface area contributed by atoms with Crippen molar-refractivity contribution < 1.29 is 97.4 Å². The van der Waals surface area contributed by atoms with Gasteiger partial charge >= 0.3 is 76.0 Å². The summed E-state index contributed by atoms with van der Waals surface area (Å²) in [4.78, 5) is 95.9. The Morgan fingerprint density at radius 3 is 0.585 bits per heavy atom. The van der Waals surface area contributed by atoms with Crippen LogP contribution in [0, 0.1) is 52.6 Å². The van der Waals surface area contributed by atoms with Crippen molar-refractivity contribution >= 4 is 35.8 Å². The van der Waals surface area contributed by atoms with Gasteiger partial charge in [-0.2, -0.15) is 0 Å². The van der Waals surface area contributed by atoms with E-state index in [1.807, 2.05) is 185 Å². The molecule has 0 fully saturated rings. The fourth-order valence-electron chi connectivity index (χ4n) is 8.83. The number of esters is 6. The van der Waals surface area contributed by atoms with Crippen LogP contribution in [0.4, 0.5) is 0 Å². The van der Waals surface area contributed by atoms with Crippen molar-refractivity contribution in [2.75, 3.05) is 0 Å². The molecule has 0 amide bonds. The fourth-order valence-corrected chi connectivity index (χ4v) is 8.83. The number of hydrogen-bond acceptors (Lipinski definition) is 18. The summed E-state index contributed by atoms with van der Waals surface area (Å²) in [6, 6.07) is 83.3. The summed E-state index contributed by atoms with van der Waals surface area (Å²) in [6.45, 7) is 36.6. The van der Waals surface area contributed by atoms with Crippen LogP contribution in [-0.4, -0.2) is 65.7 Å². The van der Waals surface area contributed by atoms with Gasteiger partial charge < -0.3 is 58.3 Å². The molecule has 0 saturated carbocycles. The Balaban J connectivity index is 0.000000296. The van der Waals surface area contributed by atoms with Crippen molar-refractivity contribution in [1.29, 1.82) is 0 Å². The average molecular weight is 1930 g/mol. The first-order valence-corrected chi connectivity index (χ1v) is 37.5. The normalized spacial score (nSPS) is 10.2. The zero-order valence-corrected chi connectivity index (χ0v) is 73.5. The van der Waals surface area contributed by atoms with Gasteiger partial charge in [0.15, 0.2) is 0 Å².